The summed E-state index contributed by atoms with van der Waals surface area (Å²) in [5.41, 5.74) is 6.22. The molecule has 4 aromatic carbocycles. The van der Waals surface area contributed by atoms with E-state index in [1.165, 1.54) is 0 Å². The quantitative estimate of drug-likeness (QED) is 0.0431. The van der Waals surface area contributed by atoms with Crippen molar-refractivity contribution < 1.29 is 28.7 Å². The van der Waals surface area contributed by atoms with Crippen molar-refractivity contribution in [3.63, 3.8) is 0 Å². The number of nitrogens with zero attached hydrogens (tertiary/aromatic N) is 2. The molecule has 2 aliphatic carbocycles. The van der Waals surface area contributed by atoms with Crippen LogP contribution in [0.15, 0.2) is 134 Å². The van der Waals surface area contributed by atoms with Crippen molar-refractivity contribution in [3.8, 4) is 0 Å². The van der Waals surface area contributed by atoms with Gasteiger partial charge in [-0.3, -0.25) is 25.5 Å². The van der Waals surface area contributed by atoms with Gasteiger partial charge in [0.15, 0.2) is 0 Å². The number of rotatable bonds is 18. The third-order valence-electron chi connectivity index (χ3n) is 12.1. The molecule has 11 nitrogen and oxygen atoms in total. The lowest BCUT2D eigenvalue weighted by Crippen LogP contribution is -2.45. The molecule has 9 rings (SSSR count). The molecule has 3 aliphatic rings. The molecular weight excluding hydrogens is 767 g/mol. The van der Waals surface area contributed by atoms with Crippen LogP contribution in [0.5, 0.6) is 0 Å². The number of carbonyl (C=O) groups excluding carboxylic acids is 4. The lowest BCUT2D eigenvalue weighted by Gasteiger charge is -2.31. The molecule has 3 heterocycles. The van der Waals surface area contributed by atoms with Gasteiger partial charge in [0, 0.05) is 71.5 Å². The van der Waals surface area contributed by atoms with E-state index in [9.17, 15) is 19.2 Å². The lowest BCUT2D eigenvalue weighted by atomic mass is 9.82. The number of hydrogen-bond acceptors (Lipinski definition) is 8. The molecule has 0 fully saturated rings. The number of nitrogens with one attached hydrogen (secondary N) is 3. The second-order valence-corrected chi connectivity index (χ2v) is 15.6. The standard InChI is InChI=1S/C50H47N5O6/c56-33-49(21-9-13-35-11-1-5-17-41(35)49)51-23-25-54-31-39(37-15-3-7-19-43(37)54)45-46(48(59)53-47(45)58)40-32-55(44-20-8-4-16-38(40)44)26-28-61-30-29-60-27-24-52-50(34-57)22-10-14-36-12-2-6-18-42(36)50/h1-12,15-22,31-34,51-52H,13-14,23-30H2,(H,53,58,59). The first-order valence-corrected chi connectivity index (χ1v) is 20.8. The molecule has 0 saturated heterocycles. The highest BCUT2D eigenvalue weighted by Gasteiger charge is 2.36. The third kappa shape index (κ3) is 7.51. The number of ether oxygens (including phenoxy) is 2. The zero-order chi connectivity index (χ0) is 41.8. The molecule has 3 N–H and O–H groups in total. The van der Waals surface area contributed by atoms with E-state index >= 15 is 0 Å². The van der Waals surface area contributed by atoms with Gasteiger partial charge in [-0.2, -0.15) is 0 Å². The number of carbonyl (C=O) groups is 4. The van der Waals surface area contributed by atoms with Crippen LogP contribution in [0.2, 0.25) is 0 Å². The SMILES string of the molecule is O=CC1(NCCOCCOCCn2cc(C3=C(c4cn(CCNC5(C=O)C=CCc6ccccc65)c5ccccc45)C(=O)NC3=O)c3ccccc32)C=CCc2ccccc21. The number of aldehydes is 2. The Balaban J connectivity index is 0.880. The molecule has 2 amide bonds. The Morgan fingerprint density at radius 1 is 0.574 bits per heavy atom. The summed E-state index contributed by atoms with van der Waals surface area (Å²) >= 11 is 0. The van der Waals surface area contributed by atoms with E-state index in [1.54, 1.807) is 0 Å². The second-order valence-electron chi connectivity index (χ2n) is 15.6. The van der Waals surface area contributed by atoms with Gasteiger partial charge in [0.25, 0.3) is 11.8 Å². The maximum absolute atomic E-state index is 13.8. The van der Waals surface area contributed by atoms with Crippen LogP contribution in [0.3, 0.4) is 0 Å². The minimum Gasteiger partial charge on any atom is -0.378 e. The minimum atomic E-state index is -0.929. The van der Waals surface area contributed by atoms with Gasteiger partial charge in [-0.15, -0.1) is 0 Å². The van der Waals surface area contributed by atoms with Crippen LogP contribution in [0.1, 0.15) is 33.4 Å². The van der Waals surface area contributed by atoms with Crippen molar-refractivity contribution in [2.75, 3.05) is 39.5 Å². The summed E-state index contributed by atoms with van der Waals surface area (Å²) < 4.78 is 15.9. The number of amides is 2. The van der Waals surface area contributed by atoms with Crippen LogP contribution in [0, 0.1) is 0 Å². The number of imide groups is 1. The van der Waals surface area contributed by atoms with Gasteiger partial charge in [0.1, 0.15) is 23.7 Å². The third-order valence-corrected chi connectivity index (χ3v) is 12.1. The zero-order valence-corrected chi connectivity index (χ0v) is 33.8. The average molecular weight is 814 g/mol. The van der Waals surface area contributed by atoms with E-state index in [1.807, 2.05) is 128 Å². The van der Waals surface area contributed by atoms with Crippen LogP contribution < -0.4 is 16.0 Å². The number of hydrogen-bond donors (Lipinski definition) is 3. The largest absolute Gasteiger partial charge is 0.378 e. The van der Waals surface area contributed by atoms with Gasteiger partial charge in [0.2, 0.25) is 0 Å². The van der Waals surface area contributed by atoms with E-state index in [0.717, 1.165) is 69.5 Å². The Hall–Kier alpha value is -6.50. The van der Waals surface area contributed by atoms with Gasteiger partial charge in [0.05, 0.1) is 37.6 Å². The highest BCUT2D eigenvalue weighted by atomic mass is 16.5. The topological polar surface area (TPSA) is 133 Å². The molecule has 2 aromatic heterocycles. The van der Waals surface area contributed by atoms with Crippen LogP contribution in [0.4, 0.5) is 0 Å². The summed E-state index contributed by atoms with van der Waals surface area (Å²) in [6.07, 6.45) is 15.3. The predicted octanol–water partition coefficient (Wildman–Crippen LogP) is 5.79. The van der Waals surface area contributed by atoms with Crippen LogP contribution in [-0.4, -0.2) is 73.0 Å². The maximum atomic E-state index is 13.8. The first kappa shape index (κ1) is 39.9. The van der Waals surface area contributed by atoms with Crippen molar-refractivity contribution in [2.24, 2.45) is 0 Å². The van der Waals surface area contributed by atoms with Crippen molar-refractivity contribution in [2.45, 2.75) is 37.0 Å². The van der Waals surface area contributed by atoms with Crippen LogP contribution in [-0.2, 0) is 65.7 Å². The van der Waals surface area contributed by atoms with E-state index in [0.29, 0.717) is 74.9 Å². The second kappa shape index (κ2) is 17.2. The molecule has 0 spiro atoms. The van der Waals surface area contributed by atoms with Gasteiger partial charge in [-0.1, -0.05) is 109 Å². The molecule has 0 saturated carbocycles. The monoisotopic (exact) mass is 813 g/mol. The average Bonchev–Trinajstić information content (AvgIpc) is 3.95. The zero-order valence-electron chi connectivity index (χ0n) is 33.8. The minimum absolute atomic E-state index is 0.329. The Morgan fingerprint density at radius 2 is 1.05 bits per heavy atom. The molecule has 1 aliphatic heterocycles. The molecule has 6 aromatic rings. The summed E-state index contributed by atoms with van der Waals surface area (Å²) in [6.45, 7) is 3.60. The van der Waals surface area contributed by atoms with E-state index in [4.69, 9.17) is 9.47 Å². The van der Waals surface area contributed by atoms with Gasteiger partial charge in [-0.05, 0) is 47.2 Å². The van der Waals surface area contributed by atoms with Crippen molar-refractivity contribution in [1.82, 2.24) is 25.1 Å². The molecule has 308 valence electrons. The van der Waals surface area contributed by atoms with E-state index < -0.39 is 22.9 Å². The van der Waals surface area contributed by atoms with E-state index in [2.05, 4.69) is 31.2 Å². The van der Waals surface area contributed by atoms with Crippen LogP contribution >= 0.6 is 0 Å². The Kier molecular flexibility index (Phi) is 11.3. The van der Waals surface area contributed by atoms with Crippen molar-refractivity contribution >= 4 is 57.3 Å². The van der Waals surface area contributed by atoms with Gasteiger partial charge in [-0.25, -0.2) is 0 Å². The number of aromatic nitrogens is 2. The van der Waals surface area contributed by atoms with Gasteiger partial charge < -0.3 is 28.2 Å². The molecule has 61 heavy (non-hydrogen) atoms. The molecule has 2 atom stereocenters. The first-order valence-electron chi connectivity index (χ1n) is 20.8. The maximum Gasteiger partial charge on any atom is 0.259 e. The summed E-state index contributed by atoms with van der Waals surface area (Å²) in [6, 6.07) is 31.7. The highest BCUT2D eigenvalue weighted by molar-refractivity contribution is 6.50. The fourth-order valence-corrected chi connectivity index (χ4v) is 9.15. The normalized spacial score (nSPS) is 19.4. The summed E-state index contributed by atoms with van der Waals surface area (Å²) in [4.78, 5) is 52.3. The summed E-state index contributed by atoms with van der Waals surface area (Å²) in [5, 5.41) is 11.2. The van der Waals surface area contributed by atoms with E-state index in [-0.39, 0.29) is 0 Å². The fraction of sp³-hybridized carbons (Fsp3) is 0.240. The lowest BCUT2D eigenvalue weighted by molar-refractivity contribution is -0.123. The van der Waals surface area contributed by atoms with Crippen LogP contribution in [0.25, 0.3) is 33.0 Å². The first-order chi connectivity index (χ1) is 29.9. The molecule has 0 bridgehead atoms. The Labute approximate surface area is 353 Å². The molecule has 11 heteroatoms. The predicted molar refractivity (Wildman–Crippen MR) is 236 cm³/mol. The number of para-hydroxylation sites is 2. The van der Waals surface area contributed by atoms with Gasteiger partial charge >= 0.3 is 0 Å². The molecule has 2 unspecified atom stereocenters. The molecular formula is C50H47N5O6. The summed E-state index contributed by atoms with van der Waals surface area (Å²) in [5.74, 6) is -0.885. The molecule has 0 radical (unpaired) electrons. The number of allylic oxidation sites excluding steroid dienone is 2. The Bertz CT molecular complexity index is 2760. The fourth-order valence-electron chi connectivity index (χ4n) is 9.15. The number of fused-ring (bicyclic) bond motifs is 4. The van der Waals surface area contributed by atoms with Crippen molar-refractivity contribution in [3.05, 3.63) is 167 Å². The summed E-state index contributed by atoms with van der Waals surface area (Å²) in [7, 11) is 0. The highest BCUT2D eigenvalue weighted by Crippen LogP contribution is 2.39. The Morgan fingerprint density at radius 3 is 1.61 bits per heavy atom. The van der Waals surface area contributed by atoms with Crippen molar-refractivity contribution in [1.29, 1.82) is 0 Å². The number of benzene rings is 4. The smallest absolute Gasteiger partial charge is 0.259 e.